The molecule has 0 aromatic heterocycles. The molecule has 17 heavy (non-hydrogen) atoms. The molecular formula is C11H15ClN2O2S. The lowest BCUT2D eigenvalue weighted by Crippen LogP contribution is -2.29. The van der Waals surface area contributed by atoms with Crippen LogP contribution in [0.1, 0.15) is 18.4 Å². The van der Waals surface area contributed by atoms with Crippen molar-refractivity contribution >= 4 is 21.6 Å². The van der Waals surface area contributed by atoms with E-state index in [-0.39, 0.29) is 17.5 Å². The third kappa shape index (κ3) is 2.47. The van der Waals surface area contributed by atoms with Gasteiger partial charge in [0.1, 0.15) is 0 Å². The second kappa shape index (κ2) is 4.57. The number of nitrogens with two attached hydrogens (primary N) is 1. The van der Waals surface area contributed by atoms with Gasteiger partial charge < -0.3 is 5.73 Å². The normalized spacial score (nSPS) is 16.5. The molecule has 0 saturated heterocycles. The van der Waals surface area contributed by atoms with Crippen molar-refractivity contribution in [2.75, 3.05) is 7.05 Å². The van der Waals surface area contributed by atoms with Gasteiger partial charge in [-0.15, -0.1) is 0 Å². The molecule has 1 aliphatic rings. The molecule has 0 aliphatic heterocycles. The minimum absolute atomic E-state index is 0.150. The molecule has 0 atom stereocenters. The van der Waals surface area contributed by atoms with E-state index < -0.39 is 10.0 Å². The first-order chi connectivity index (χ1) is 7.96. The van der Waals surface area contributed by atoms with Crippen LogP contribution in [0, 0.1) is 0 Å². The molecule has 94 valence electrons. The number of benzene rings is 1. The van der Waals surface area contributed by atoms with Crippen molar-refractivity contribution in [1.29, 1.82) is 0 Å². The number of halogens is 1. The molecule has 1 aromatic carbocycles. The fourth-order valence-corrected chi connectivity index (χ4v) is 3.33. The van der Waals surface area contributed by atoms with E-state index in [1.54, 1.807) is 19.2 Å². The molecule has 6 heteroatoms. The van der Waals surface area contributed by atoms with Gasteiger partial charge in [-0.25, -0.2) is 8.42 Å². The lowest BCUT2D eigenvalue weighted by atomic mass is 10.2. The number of sulfonamides is 1. The van der Waals surface area contributed by atoms with Crippen LogP contribution in [-0.2, 0) is 16.6 Å². The van der Waals surface area contributed by atoms with Crippen LogP contribution in [0.15, 0.2) is 23.1 Å². The van der Waals surface area contributed by atoms with Gasteiger partial charge >= 0.3 is 0 Å². The molecule has 0 radical (unpaired) electrons. The summed E-state index contributed by atoms with van der Waals surface area (Å²) >= 11 is 5.91. The van der Waals surface area contributed by atoms with Crippen LogP contribution >= 0.6 is 11.6 Å². The first-order valence-corrected chi connectivity index (χ1v) is 7.25. The van der Waals surface area contributed by atoms with Gasteiger partial charge in [0.15, 0.2) is 0 Å². The van der Waals surface area contributed by atoms with Crippen LogP contribution in [0.4, 0.5) is 0 Å². The minimum Gasteiger partial charge on any atom is -0.326 e. The summed E-state index contributed by atoms with van der Waals surface area (Å²) in [4.78, 5) is 0.261. The first kappa shape index (κ1) is 12.8. The van der Waals surface area contributed by atoms with E-state index in [1.165, 1.54) is 10.4 Å². The zero-order valence-electron chi connectivity index (χ0n) is 9.56. The van der Waals surface area contributed by atoms with Crippen LogP contribution in [0.2, 0.25) is 5.02 Å². The van der Waals surface area contributed by atoms with Crippen molar-refractivity contribution in [2.45, 2.75) is 30.3 Å². The molecule has 1 saturated carbocycles. The summed E-state index contributed by atoms with van der Waals surface area (Å²) in [6.07, 6.45) is 1.88. The van der Waals surface area contributed by atoms with Crippen LogP contribution in [0.25, 0.3) is 0 Å². The molecule has 2 rings (SSSR count). The maximum atomic E-state index is 12.2. The fourth-order valence-electron chi connectivity index (χ4n) is 1.67. The highest BCUT2D eigenvalue weighted by atomic mass is 35.5. The fraction of sp³-hybridized carbons (Fsp3) is 0.455. The summed E-state index contributed by atoms with van der Waals surface area (Å²) in [6, 6.07) is 4.81. The Morgan fingerprint density at radius 1 is 1.47 bits per heavy atom. The zero-order chi connectivity index (χ0) is 12.6. The van der Waals surface area contributed by atoms with Crippen molar-refractivity contribution in [3.8, 4) is 0 Å². The summed E-state index contributed by atoms with van der Waals surface area (Å²) < 4.78 is 25.9. The third-order valence-electron chi connectivity index (χ3n) is 2.98. The monoisotopic (exact) mass is 274 g/mol. The van der Waals surface area contributed by atoms with Gasteiger partial charge in [0.25, 0.3) is 0 Å². The average molecular weight is 275 g/mol. The van der Waals surface area contributed by atoms with E-state index >= 15 is 0 Å². The van der Waals surface area contributed by atoms with Gasteiger partial charge in [-0.2, -0.15) is 4.31 Å². The Morgan fingerprint density at radius 3 is 2.65 bits per heavy atom. The number of nitrogens with zero attached hydrogens (tertiary/aromatic N) is 1. The quantitative estimate of drug-likeness (QED) is 0.907. The Kier molecular flexibility index (Phi) is 3.45. The molecule has 4 nitrogen and oxygen atoms in total. The second-order valence-corrected chi connectivity index (χ2v) is 6.61. The van der Waals surface area contributed by atoms with E-state index in [9.17, 15) is 8.42 Å². The van der Waals surface area contributed by atoms with Crippen LogP contribution in [0.3, 0.4) is 0 Å². The Balaban J connectivity index is 2.38. The molecule has 0 amide bonds. The SMILES string of the molecule is CN(C1CC1)S(=O)(=O)c1ccc(Cl)c(CN)c1. The summed E-state index contributed by atoms with van der Waals surface area (Å²) in [5.41, 5.74) is 6.17. The van der Waals surface area contributed by atoms with Gasteiger partial charge in [0, 0.05) is 24.7 Å². The maximum absolute atomic E-state index is 12.2. The lowest BCUT2D eigenvalue weighted by Gasteiger charge is -2.17. The van der Waals surface area contributed by atoms with Gasteiger partial charge in [-0.05, 0) is 36.6 Å². The molecule has 2 N–H and O–H groups in total. The number of hydrogen-bond donors (Lipinski definition) is 1. The van der Waals surface area contributed by atoms with Gasteiger partial charge in [-0.1, -0.05) is 11.6 Å². The molecule has 1 fully saturated rings. The summed E-state index contributed by atoms with van der Waals surface area (Å²) in [7, 11) is -1.79. The van der Waals surface area contributed by atoms with Crippen LogP contribution in [0.5, 0.6) is 0 Å². The van der Waals surface area contributed by atoms with E-state index in [1.807, 2.05) is 0 Å². The van der Waals surface area contributed by atoms with E-state index in [0.29, 0.717) is 10.6 Å². The average Bonchev–Trinajstić information content (AvgIpc) is 3.12. The highest BCUT2D eigenvalue weighted by Crippen LogP contribution is 2.31. The molecule has 1 aromatic rings. The minimum atomic E-state index is -3.41. The van der Waals surface area contributed by atoms with Crippen LogP contribution < -0.4 is 5.73 Å². The number of hydrogen-bond acceptors (Lipinski definition) is 3. The van der Waals surface area contributed by atoms with Gasteiger partial charge in [0.2, 0.25) is 10.0 Å². The van der Waals surface area contributed by atoms with Gasteiger partial charge in [-0.3, -0.25) is 0 Å². The van der Waals surface area contributed by atoms with Crippen molar-refractivity contribution in [1.82, 2.24) is 4.31 Å². The second-order valence-electron chi connectivity index (χ2n) is 4.21. The summed E-state index contributed by atoms with van der Waals surface area (Å²) in [5.74, 6) is 0. The van der Waals surface area contributed by atoms with E-state index in [0.717, 1.165) is 12.8 Å². The molecule has 0 unspecified atom stereocenters. The third-order valence-corrected chi connectivity index (χ3v) is 5.25. The Labute approximate surface area is 106 Å². The summed E-state index contributed by atoms with van der Waals surface area (Å²) in [5, 5.41) is 0.500. The van der Waals surface area contributed by atoms with E-state index in [2.05, 4.69) is 0 Å². The maximum Gasteiger partial charge on any atom is 0.243 e. The predicted molar refractivity (Wildman–Crippen MR) is 67.3 cm³/mol. The lowest BCUT2D eigenvalue weighted by molar-refractivity contribution is 0.464. The molecule has 0 bridgehead atoms. The topological polar surface area (TPSA) is 63.4 Å². The zero-order valence-corrected chi connectivity index (χ0v) is 11.1. The molecule has 0 spiro atoms. The number of rotatable bonds is 4. The van der Waals surface area contributed by atoms with Gasteiger partial charge in [0.05, 0.1) is 4.90 Å². The first-order valence-electron chi connectivity index (χ1n) is 5.43. The van der Waals surface area contributed by atoms with Crippen molar-refractivity contribution in [3.05, 3.63) is 28.8 Å². The highest BCUT2D eigenvalue weighted by molar-refractivity contribution is 7.89. The largest absolute Gasteiger partial charge is 0.326 e. The standard InChI is InChI=1S/C11H15ClN2O2S/c1-14(9-2-3-9)17(15,16)10-4-5-11(12)8(6-10)7-13/h4-6,9H,2-3,7,13H2,1H3. The van der Waals surface area contributed by atoms with Crippen LogP contribution in [-0.4, -0.2) is 25.8 Å². The van der Waals surface area contributed by atoms with Crippen molar-refractivity contribution in [2.24, 2.45) is 5.73 Å². The predicted octanol–water partition coefficient (Wildman–Crippen LogP) is 1.58. The Morgan fingerprint density at radius 2 is 2.12 bits per heavy atom. The highest BCUT2D eigenvalue weighted by Gasteiger charge is 2.35. The molecular weight excluding hydrogens is 260 g/mol. The molecule has 0 heterocycles. The Hall–Kier alpha value is -0.620. The Bertz CT molecular complexity index is 526. The smallest absolute Gasteiger partial charge is 0.243 e. The van der Waals surface area contributed by atoms with Crippen molar-refractivity contribution < 1.29 is 8.42 Å². The summed E-state index contributed by atoms with van der Waals surface area (Å²) in [6.45, 7) is 0.231. The van der Waals surface area contributed by atoms with E-state index in [4.69, 9.17) is 17.3 Å². The van der Waals surface area contributed by atoms with Crippen molar-refractivity contribution in [3.63, 3.8) is 0 Å². The molecule has 1 aliphatic carbocycles.